The third-order valence-corrected chi connectivity index (χ3v) is 12.6. The van der Waals surface area contributed by atoms with Crippen LogP contribution in [0.5, 0.6) is 0 Å². The Morgan fingerprint density at radius 3 is 2.67 bits per heavy atom. The molecule has 0 bridgehead atoms. The number of pyridine rings is 1. The standard InChI is InChI=1S/C34H51N3O2/c1-23(5-10-32(39)37-20-19-36(22-24(37)2)26-13-17-35-18-14-26)29-8-9-30-28-7-6-25-21-27(38)11-15-33(25,3)31(28)12-16-34(29,30)4/h6,13-14,17-18,23-24,27-31,38H,5,7-12,15-16,19-22H2,1-4H3/t23-,24+,27+,28+,29-,30+,31+,33+,34-/m1/s1. The molecule has 5 aliphatic rings. The zero-order chi connectivity index (χ0) is 27.4. The second-order valence-corrected chi connectivity index (χ2v) is 14.5. The van der Waals surface area contributed by atoms with Crippen LogP contribution in [0.4, 0.5) is 5.69 Å². The minimum absolute atomic E-state index is 0.123. The summed E-state index contributed by atoms with van der Waals surface area (Å²) in [4.78, 5) is 22.1. The Kier molecular flexibility index (Phi) is 7.35. The number of hydrogen-bond acceptors (Lipinski definition) is 4. The Morgan fingerprint density at radius 1 is 1.10 bits per heavy atom. The van der Waals surface area contributed by atoms with Crippen LogP contribution >= 0.6 is 0 Å². The molecular weight excluding hydrogens is 482 g/mol. The van der Waals surface area contributed by atoms with Gasteiger partial charge in [0.15, 0.2) is 0 Å². The molecule has 5 nitrogen and oxygen atoms in total. The molecule has 6 rings (SSSR count). The third kappa shape index (κ3) is 4.75. The predicted octanol–water partition coefficient (Wildman–Crippen LogP) is 6.47. The van der Waals surface area contributed by atoms with E-state index in [1.807, 2.05) is 12.4 Å². The quantitative estimate of drug-likeness (QED) is 0.441. The second-order valence-electron chi connectivity index (χ2n) is 14.5. The molecule has 39 heavy (non-hydrogen) atoms. The van der Waals surface area contributed by atoms with Crippen LogP contribution in [0.2, 0.25) is 0 Å². The number of aliphatic hydroxyl groups excluding tert-OH is 1. The molecule has 1 amide bonds. The van der Waals surface area contributed by atoms with Crippen LogP contribution in [0.25, 0.3) is 0 Å². The van der Waals surface area contributed by atoms with Crippen LogP contribution in [0.1, 0.15) is 91.9 Å². The van der Waals surface area contributed by atoms with Crippen molar-refractivity contribution in [1.82, 2.24) is 9.88 Å². The van der Waals surface area contributed by atoms with Gasteiger partial charge in [0.1, 0.15) is 0 Å². The molecule has 0 unspecified atom stereocenters. The first-order valence-electron chi connectivity index (χ1n) is 16.0. The normalized spacial score (nSPS) is 40.8. The molecule has 1 N–H and O–H groups in total. The largest absolute Gasteiger partial charge is 0.393 e. The predicted molar refractivity (Wildman–Crippen MR) is 157 cm³/mol. The van der Waals surface area contributed by atoms with Crippen molar-refractivity contribution in [3.05, 3.63) is 36.2 Å². The van der Waals surface area contributed by atoms with E-state index in [2.05, 4.69) is 60.7 Å². The zero-order valence-electron chi connectivity index (χ0n) is 24.8. The number of aromatic nitrogens is 1. The molecule has 5 heteroatoms. The van der Waals surface area contributed by atoms with Crippen molar-refractivity contribution in [2.24, 2.45) is 40.4 Å². The summed E-state index contributed by atoms with van der Waals surface area (Å²) in [5.74, 6) is 4.12. The lowest BCUT2D eigenvalue weighted by molar-refractivity contribution is -0.134. The summed E-state index contributed by atoms with van der Waals surface area (Å²) >= 11 is 0. The average molecular weight is 534 g/mol. The van der Waals surface area contributed by atoms with Gasteiger partial charge in [-0.2, -0.15) is 0 Å². The Labute approximate surface area is 236 Å². The highest BCUT2D eigenvalue weighted by atomic mass is 16.3. The van der Waals surface area contributed by atoms with Crippen molar-refractivity contribution in [3.63, 3.8) is 0 Å². The number of rotatable bonds is 5. The molecule has 1 aliphatic heterocycles. The molecule has 2 heterocycles. The van der Waals surface area contributed by atoms with E-state index in [0.717, 1.165) is 62.6 Å². The number of amides is 1. The van der Waals surface area contributed by atoms with Gasteiger partial charge in [0.25, 0.3) is 0 Å². The van der Waals surface area contributed by atoms with Gasteiger partial charge in [-0.15, -0.1) is 0 Å². The number of piperazine rings is 1. The molecular formula is C34H51N3O2. The Bertz CT molecular complexity index is 1070. The van der Waals surface area contributed by atoms with E-state index in [1.54, 1.807) is 5.57 Å². The highest BCUT2D eigenvalue weighted by molar-refractivity contribution is 5.77. The van der Waals surface area contributed by atoms with E-state index in [-0.39, 0.29) is 12.1 Å². The number of hydrogen-bond donors (Lipinski definition) is 1. The van der Waals surface area contributed by atoms with E-state index in [9.17, 15) is 9.90 Å². The topological polar surface area (TPSA) is 56.7 Å². The fourth-order valence-electron chi connectivity index (χ4n) is 10.4. The number of aliphatic hydroxyl groups is 1. The van der Waals surface area contributed by atoms with Crippen LogP contribution in [0.15, 0.2) is 36.2 Å². The van der Waals surface area contributed by atoms with Gasteiger partial charge in [-0.3, -0.25) is 9.78 Å². The van der Waals surface area contributed by atoms with Crippen LogP contribution < -0.4 is 4.90 Å². The minimum atomic E-state index is -0.123. The van der Waals surface area contributed by atoms with Crippen LogP contribution in [0, 0.1) is 40.4 Å². The van der Waals surface area contributed by atoms with Gasteiger partial charge in [0.2, 0.25) is 5.91 Å². The van der Waals surface area contributed by atoms with Gasteiger partial charge in [-0.25, -0.2) is 0 Å². The first-order chi connectivity index (χ1) is 18.7. The van der Waals surface area contributed by atoms with Crippen LogP contribution in [-0.2, 0) is 4.79 Å². The van der Waals surface area contributed by atoms with E-state index < -0.39 is 0 Å². The maximum atomic E-state index is 13.4. The molecule has 0 radical (unpaired) electrons. The Morgan fingerprint density at radius 2 is 1.90 bits per heavy atom. The van der Waals surface area contributed by atoms with Gasteiger partial charge in [-0.05, 0) is 117 Å². The highest BCUT2D eigenvalue weighted by Gasteiger charge is 2.59. The van der Waals surface area contributed by atoms with Crippen LogP contribution in [0.3, 0.4) is 0 Å². The molecule has 0 spiro atoms. The van der Waals surface area contributed by atoms with Crippen molar-refractivity contribution >= 4 is 11.6 Å². The smallest absolute Gasteiger partial charge is 0.222 e. The maximum absolute atomic E-state index is 13.4. The fourth-order valence-corrected chi connectivity index (χ4v) is 10.4. The Hall–Kier alpha value is -1.88. The summed E-state index contributed by atoms with van der Waals surface area (Å²) in [5, 5.41) is 10.3. The van der Waals surface area contributed by atoms with Gasteiger partial charge in [0.05, 0.1) is 6.10 Å². The number of nitrogens with zero attached hydrogens (tertiary/aromatic N) is 3. The van der Waals surface area contributed by atoms with Gasteiger partial charge < -0.3 is 14.9 Å². The van der Waals surface area contributed by atoms with E-state index in [4.69, 9.17) is 0 Å². The van der Waals surface area contributed by atoms with Crippen molar-refractivity contribution in [1.29, 1.82) is 0 Å². The van der Waals surface area contributed by atoms with E-state index in [1.165, 1.54) is 44.2 Å². The fraction of sp³-hybridized carbons (Fsp3) is 0.765. The molecule has 9 atom stereocenters. The Balaban J connectivity index is 1.06. The number of carbonyl (C=O) groups is 1. The lowest BCUT2D eigenvalue weighted by Gasteiger charge is -2.58. The number of anilines is 1. The summed E-state index contributed by atoms with van der Waals surface area (Å²) < 4.78 is 0. The number of allylic oxidation sites excluding steroid dienone is 1. The highest BCUT2D eigenvalue weighted by Crippen LogP contribution is 2.67. The molecule has 4 aliphatic carbocycles. The number of fused-ring (bicyclic) bond motifs is 5. The molecule has 214 valence electrons. The molecule has 3 saturated carbocycles. The summed E-state index contributed by atoms with van der Waals surface area (Å²) in [6.07, 6.45) is 17.5. The van der Waals surface area contributed by atoms with Gasteiger partial charge >= 0.3 is 0 Å². The average Bonchev–Trinajstić information content (AvgIpc) is 3.29. The SMILES string of the molecule is C[C@H](CCC(=O)N1CCN(c2ccncc2)C[C@@H]1C)[C@H]1CC[C@H]2[C@@H]3CC=C4C[C@@H](O)CC[C@]4(C)[C@H]3CC[C@]12C. The zero-order valence-corrected chi connectivity index (χ0v) is 24.8. The lowest BCUT2D eigenvalue weighted by atomic mass is 9.47. The molecule has 4 fully saturated rings. The van der Waals surface area contributed by atoms with Crippen molar-refractivity contribution in [2.75, 3.05) is 24.5 Å². The first kappa shape index (κ1) is 27.3. The van der Waals surface area contributed by atoms with E-state index >= 15 is 0 Å². The van der Waals surface area contributed by atoms with Crippen molar-refractivity contribution in [3.8, 4) is 0 Å². The summed E-state index contributed by atoms with van der Waals surface area (Å²) in [6.45, 7) is 12.4. The van der Waals surface area contributed by atoms with Crippen molar-refractivity contribution in [2.45, 2.75) is 104 Å². The first-order valence-corrected chi connectivity index (χ1v) is 16.0. The summed E-state index contributed by atoms with van der Waals surface area (Å²) in [6, 6.07) is 4.37. The molecule has 1 aromatic heterocycles. The second kappa shape index (κ2) is 10.5. The lowest BCUT2D eigenvalue weighted by Crippen LogP contribution is -2.54. The van der Waals surface area contributed by atoms with E-state index in [0.29, 0.717) is 29.1 Å². The molecule has 0 aromatic carbocycles. The molecule has 1 saturated heterocycles. The minimum Gasteiger partial charge on any atom is -0.393 e. The van der Waals surface area contributed by atoms with Gasteiger partial charge in [0, 0.05) is 50.2 Å². The number of carbonyl (C=O) groups excluding carboxylic acids is 1. The molecule has 1 aromatic rings. The maximum Gasteiger partial charge on any atom is 0.222 e. The third-order valence-electron chi connectivity index (χ3n) is 12.6. The van der Waals surface area contributed by atoms with Crippen LogP contribution in [-0.4, -0.2) is 52.7 Å². The van der Waals surface area contributed by atoms with Gasteiger partial charge in [-0.1, -0.05) is 32.4 Å². The summed E-state index contributed by atoms with van der Waals surface area (Å²) in [5.41, 5.74) is 3.51. The summed E-state index contributed by atoms with van der Waals surface area (Å²) in [7, 11) is 0. The van der Waals surface area contributed by atoms with Crippen molar-refractivity contribution < 1.29 is 9.90 Å². The monoisotopic (exact) mass is 533 g/mol.